The molecule has 2 unspecified atom stereocenters. The molecule has 0 aliphatic carbocycles. The smallest absolute Gasteiger partial charge is 0.254 e. The van der Waals surface area contributed by atoms with Crippen molar-refractivity contribution in [3.8, 4) is 0 Å². The number of aromatic nitrogens is 1. The van der Waals surface area contributed by atoms with Crippen LogP contribution < -0.4 is 5.73 Å². The van der Waals surface area contributed by atoms with Crippen molar-refractivity contribution in [1.29, 1.82) is 0 Å². The molecule has 1 fully saturated rings. The number of nitrogens with two attached hydrogens (primary N) is 1. The minimum atomic E-state index is -0.778. The van der Waals surface area contributed by atoms with Gasteiger partial charge in [0.15, 0.2) is 0 Å². The zero-order chi connectivity index (χ0) is 13.3. The third kappa shape index (κ3) is 2.44. The van der Waals surface area contributed by atoms with Gasteiger partial charge in [-0.3, -0.25) is 9.59 Å². The van der Waals surface area contributed by atoms with Gasteiger partial charge in [-0.2, -0.15) is 0 Å². The molecule has 1 aromatic heterocycles. The van der Waals surface area contributed by atoms with Gasteiger partial charge < -0.3 is 15.7 Å². The highest BCUT2D eigenvalue weighted by Crippen LogP contribution is 2.21. The summed E-state index contributed by atoms with van der Waals surface area (Å²) in [6.07, 6.45) is 0.838. The summed E-state index contributed by atoms with van der Waals surface area (Å²) in [5.74, 6) is -1.01. The Morgan fingerprint density at radius 2 is 2.28 bits per heavy atom. The van der Waals surface area contributed by atoms with Gasteiger partial charge in [0.2, 0.25) is 5.91 Å². The van der Waals surface area contributed by atoms with E-state index in [0.717, 1.165) is 0 Å². The van der Waals surface area contributed by atoms with Crippen molar-refractivity contribution >= 4 is 23.4 Å². The van der Waals surface area contributed by atoms with Gasteiger partial charge in [0.1, 0.15) is 11.2 Å². The molecule has 0 spiro atoms. The molecule has 18 heavy (non-hydrogen) atoms. The van der Waals surface area contributed by atoms with E-state index in [1.54, 1.807) is 0 Å². The van der Waals surface area contributed by atoms with Crippen LogP contribution in [-0.4, -0.2) is 45.5 Å². The molecule has 0 radical (unpaired) electrons. The number of carbonyl (C=O) groups excluding carboxylic acids is 2. The molecule has 6 nitrogen and oxygen atoms in total. The predicted octanol–water partition coefficient (Wildman–Crippen LogP) is -0.204. The van der Waals surface area contributed by atoms with Crippen LogP contribution in [0, 0.1) is 0 Å². The summed E-state index contributed by atoms with van der Waals surface area (Å²) in [4.78, 5) is 28.5. The third-order valence-corrected chi connectivity index (χ3v) is 3.05. The lowest BCUT2D eigenvalue weighted by atomic mass is 10.1. The minimum Gasteiger partial charge on any atom is -0.391 e. The monoisotopic (exact) mass is 269 g/mol. The van der Waals surface area contributed by atoms with Crippen LogP contribution in [0.3, 0.4) is 0 Å². The molecule has 0 bridgehead atoms. The van der Waals surface area contributed by atoms with E-state index in [1.807, 2.05) is 0 Å². The van der Waals surface area contributed by atoms with Gasteiger partial charge in [-0.1, -0.05) is 11.6 Å². The Morgan fingerprint density at radius 1 is 1.56 bits per heavy atom. The number of rotatable bonds is 2. The highest BCUT2D eigenvalue weighted by molar-refractivity contribution is 6.29. The van der Waals surface area contributed by atoms with Gasteiger partial charge in [0.05, 0.1) is 6.10 Å². The fourth-order valence-electron chi connectivity index (χ4n) is 2.01. The van der Waals surface area contributed by atoms with Gasteiger partial charge in [-0.25, -0.2) is 4.98 Å². The number of aliphatic hydroxyl groups excluding tert-OH is 1. The molecule has 1 aromatic rings. The summed E-state index contributed by atoms with van der Waals surface area (Å²) >= 11 is 5.70. The lowest BCUT2D eigenvalue weighted by molar-refractivity contribution is -0.121. The first-order chi connectivity index (χ1) is 8.49. The van der Waals surface area contributed by atoms with E-state index in [4.69, 9.17) is 17.3 Å². The third-order valence-electron chi connectivity index (χ3n) is 2.84. The van der Waals surface area contributed by atoms with Crippen molar-refractivity contribution in [1.82, 2.24) is 9.88 Å². The molecule has 1 aliphatic heterocycles. The van der Waals surface area contributed by atoms with E-state index in [1.165, 1.54) is 23.2 Å². The second kappa shape index (κ2) is 4.91. The van der Waals surface area contributed by atoms with Gasteiger partial charge in [0, 0.05) is 24.7 Å². The Morgan fingerprint density at radius 3 is 2.89 bits per heavy atom. The van der Waals surface area contributed by atoms with E-state index in [0.29, 0.717) is 5.56 Å². The fourth-order valence-corrected chi connectivity index (χ4v) is 2.18. The number of halogens is 1. The van der Waals surface area contributed by atoms with E-state index in [2.05, 4.69) is 4.98 Å². The Labute approximate surface area is 108 Å². The van der Waals surface area contributed by atoms with Crippen LogP contribution in [0.5, 0.6) is 0 Å². The van der Waals surface area contributed by atoms with Crippen molar-refractivity contribution < 1.29 is 14.7 Å². The summed E-state index contributed by atoms with van der Waals surface area (Å²) in [6.45, 7) is 0.0897. The zero-order valence-corrected chi connectivity index (χ0v) is 10.2. The maximum atomic E-state index is 12.2. The molecule has 0 aromatic carbocycles. The second-order valence-corrected chi connectivity index (χ2v) is 4.52. The highest BCUT2D eigenvalue weighted by atomic mass is 35.5. The Bertz CT molecular complexity index is 494. The van der Waals surface area contributed by atoms with E-state index < -0.39 is 18.1 Å². The number of primary amides is 1. The normalized spacial score (nSPS) is 23.1. The molecule has 2 heterocycles. The molecule has 7 heteroatoms. The molecule has 2 atom stereocenters. The van der Waals surface area contributed by atoms with Crippen LogP contribution in [0.1, 0.15) is 16.8 Å². The van der Waals surface area contributed by atoms with Crippen molar-refractivity contribution in [2.75, 3.05) is 6.54 Å². The first-order valence-electron chi connectivity index (χ1n) is 5.39. The minimum absolute atomic E-state index is 0.0897. The van der Waals surface area contributed by atoms with Gasteiger partial charge in [-0.15, -0.1) is 0 Å². The Hall–Kier alpha value is -1.66. The van der Waals surface area contributed by atoms with Crippen LogP contribution in [0.15, 0.2) is 18.3 Å². The number of nitrogens with zero attached hydrogens (tertiary/aromatic N) is 2. The number of aliphatic hydroxyl groups is 1. The number of hydrogen-bond donors (Lipinski definition) is 2. The molecule has 2 rings (SSSR count). The first-order valence-corrected chi connectivity index (χ1v) is 5.76. The average molecular weight is 270 g/mol. The molecular weight excluding hydrogens is 258 g/mol. The molecule has 3 N–H and O–H groups in total. The van der Waals surface area contributed by atoms with Crippen molar-refractivity contribution in [3.05, 3.63) is 29.0 Å². The largest absolute Gasteiger partial charge is 0.391 e. The maximum absolute atomic E-state index is 12.2. The number of carbonyl (C=O) groups is 2. The van der Waals surface area contributed by atoms with Crippen LogP contribution in [0.4, 0.5) is 0 Å². The van der Waals surface area contributed by atoms with Crippen LogP contribution in [-0.2, 0) is 4.79 Å². The number of likely N-dealkylation sites (tertiary alicyclic amines) is 1. The summed E-state index contributed by atoms with van der Waals surface area (Å²) in [7, 11) is 0. The lowest BCUT2D eigenvalue weighted by Crippen LogP contribution is -2.43. The van der Waals surface area contributed by atoms with Crippen molar-refractivity contribution in [2.24, 2.45) is 5.73 Å². The predicted molar refractivity (Wildman–Crippen MR) is 63.9 cm³/mol. The molecule has 2 amide bonds. The van der Waals surface area contributed by atoms with E-state index >= 15 is 0 Å². The zero-order valence-electron chi connectivity index (χ0n) is 9.41. The van der Waals surface area contributed by atoms with Crippen LogP contribution in [0.2, 0.25) is 5.15 Å². The Kier molecular flexibility index (Phi) is 3.49. The summed E-state index contributed by atoms with van der Waals surface area (Å²) in [6, 6.07) is 2.13. The average Bonchev–Trinajstić information content (AvgIpc) is 2.70. The number of pyridine rings is 1. The van der Waals surface area contributed by atoms with Crippen molar-refractivity contribution in [3.63, 3.8) is 0 Å². The molecule has 1 aliphatic rings. The van der Waals surface area contributed by atoms with Crippen molar-refractivity contribution in [2.45, 2.75) is 18.6 Å². The topological polar surface area (TPSA) is 96.5 Å². The summed E-state index contributed by atoms with van der Waals surface area (Å²) < 4.78 is 0. The molecule has 0 saturated carbocycles. The summed E-state index contributed by atoms with van der Waals surface area (Å²) in [5, 5.41) is 9.72. The first kappa shape index (κ1) is 12.8. The lowest BCUT2D eigenvalue weighted by Gasteiger charge is -2.21. The fraction of sp³-hybridized carbons (Fsp3) is 0.364. The van der Waals surface area contributed by atoms with E-state index in [9.17, 15) is 14.7 Å². The molecule has 96 valence electrons. The van der Waals surface area contributed by atoms with Gasteiger partial charge >= 0.3 is 0 Å². The number of hydrogen-bond acceptors (Lipinski definition) is 4. The SMILES string of the molecule is NC(=O)C1CC(O)CN1C(=O)c1ccnc(Cl)c1. The van der Waals surface area contributed by atoms with Gasteiger partial charge in [0.25, 0.3) is 5.91 Å². The number of amides is 2. The highest BCUT2D eigenvalue weighted by Gasteiger charge is 2.38. The maximum Gasteiger partial charge on any atom is 0.254 e. The Balaban J connectivity index is 2.25. The van der Waals surface area contributed by atoms with Crippen LogP contribution in [0.25, 0.3) is 0 Å². The summed E-state index contributed by atoms with van der Waals surface area (Å²) in [5.41, 5.74) is 5.53. The quantitative estimate of drug-likeness (QED) is 0.727. The molecule has 1 saturated heterocycles. The van der Waals surface area contributed by atoms with E-state index in [-0.39, 0.29) is 24.0 Å². The standard InChI is InChI=1S/C11H12ClN3O3/c12-9-3-6(1-2-14-9)11(18)15-5-7(16)4-8(15)10(13)17/h1-3,7-8,16H,4-5H2,(H2,13,17). The van der Waals surface area contributed by atoms with Gasteiger partial charge in [-0.05, 0) is 12.1 Å². The number of β-amino-alcohol motifs (C(OH)–C–C–N with tert-alkyl or cyclic N) is 1. The van der Waals surface area contributed by atoms with Crippen LogP contribution >= 0.6 is 11.6 Å². The second-order valence-electron chi connectivity index (χ2n) is 4.13. The molecular formula is C11H12ClN3O3.